The summed E-state index contributed by atoms with van der Waals surface area (Å²) in [6.07, 6.45) is 2.05. The van der Waals surface area contributed by atoms with Gasteiger partial charge in [0.25, 0.3) is 0 Å². The largest absolute Gasteiger partial charge is 0.480 e. The summed E-state index contributed by atoms with van der Waals surface area (Å²) in [6, 6.07) is 0.497. The average molecular weight is 203 g/mol. The van der Waals surface area contributed by atoms with Crippen molar-refractivity contribution in [1.82, 2.24) is 5.32 Å². The van der Waals surface area contributed by atoms with Crippen LogP contribution in [0.4, 0.5) is 0 Å². The highest BCUT2D eigenvalue weighted by molar-refractivity contribution is 5.67. The quantitative estimate of drug-likeness (QED) is 0.588. The number of nitrogens with one attached hydrogen (secondary N) is 1. The van der Waals surface area contributed by atoms with E-state index in [-0.39, 0.29) is 6.61 Å². The lowest BCUT2D eigenvalue weighted by Crippen LogP contribution is -2.36. The van der Waals surface area contributed by atoms with Gasteiger partial charge in [-0.15, -0.1) is 0 Å². The number of carboxylic acids is 1. The number of aliphatic carboxylic acids is 1. The monoisotopic (exact) mass is 203 g/mol. The number of carbonyl (C=O) groups is 1. The van der Waals surface area contributed by atoms with Gasteiger partial charge < -0.3 is 19.9 Å². The Morgan fingerprint density at radius 3 is 2.86 bits per heavy atom. The Labute approximate surface area is 83.4 Å². The maximum absolute atomic E-state index is 10.1. The Bertz CT molecular complexity index is 168. The molecule has 0 spiro atoms. The van der Waals surface area contributed by atoms with Gasteiger partial charge in [-0.3, -0.25) is 0 Å². The Kier molecular flexibility index (Phi) is 5.51. The molecule has 0 atom stereocenters. The Hall–Kier alpha value is -0.650. The van der Waals surface area contributed by atoms with Crippen molar-refractivity contribution in [2.45, 2.75) is 18.9 Å². The molecule has 1 saturated heterocycles. The van der Waals surface area contributed by atoms with Gasteiger partial charge in [0.2, 0.25) is 0 Å². The molecule has 1 aliphatic heterocycles. The molecule has 0 bridgehead atoms. The van der Waals surface area contributed by atoms with Crippen molar-refractivity contribution < 1.29 is 19.4 Å². The topological polar surface area (TPSA) is 67.8 Å². The molecule has 1 heterocycles. The van der Waals surface area contributed by atoms with Gasteiger partial charge >= 0.3 is 5.97 Å². The number of carboxylic acid groups (broad SMARTS) is 1. The first-order chi connectivity index (χ1) is 6.79. The minimum atomic E-state index is -0.920. The maximum Gasteiger partial charge on any atom is 0.329 e. The molecule has 0 aromatic heterocycles. The second-order valence-electron chi connectivity index (χ2n) is 3.29. The zero-order chi connectivity index (χ0) is 10.2. The van der Waals surface area contributed by atoms with Crippen LogP contribution in [0.5, 0.6) is 0 Å². The maximum atomic E-state index is 10.1. The van der Waals surface area contributed by atoms with Crippen LogP contribution in [-0.2, 0) is 14.3 Å². The third-order valence-corrected chi connectivity index (χ3v) is 2.13. The molecule has 0 aromatic carbocycles. The van der Waals surface area contributed by atoms with E-state index in [1.807, 2.05) is 0 Å². The first-order valence-corrected chi connectivity index (χ1v) is 4.89. The minimum absolute atomic E-state index is 0.213. The highest BCUT2D eigenvalue weighted by atomic mass is 16.5. The molecule has 1 rings (SSSR count). The van der Waals surface area contributed by atoms with E-state index in [0.29, 0.717) is 19.2 Å². The summed E-state index contributed by atoms with van der Waals surface area (Å²) in [5.74, 6) is -0.920. The molecule has 2 N–H and O–H groups in total. The van der Waals surface area contributed by atoms with Crippen molar-refractivity contribution in [3.63, 3.8) is 0 Å². The minimum Gasteiger partial charge on any atom is -0.480 e. The second kappa shape index (κ2) is 6.75. The van der Waals surface area contributed by atoms with Gasteiger partial charge in [-0.1, -0.05) is 0 Å². The zero-order valence-corrected chi connectivity index (χ0v) is 8.20. The van der Waals surface area contributed by atoms with Crippen LogP contribution < -0.4 is 5.32 Å². The molecule has 0 unspecified atom stereocenters. The van der Waals surface area contributed by atoms with E-state index >= 15 is 0 Å². The van der Waals surface area contributed by atoms with Crippen molar-refractivity contribution >= 4 is 5.97 Å². The number of hydrogen-bond acceptors (Lipinski definition) is 4. The number of ether oxygens (including phenoxy) is 2. The lowest BCUT2D eigenvalue weighted by molar-refractivity contribution is -0.142. The molecule has 5 heteroatoms. The van der Waals surface area contributed by atoms with Crippen LogP contribution >= 0.6 is 0 Å². The van der Waals surface area contributed by atoms with E-state index in [9.17, 15) is 4.79 Å². The van der Waals surface area contributed by atoms with Gasteiger partial charge in [0.15, 0.2) is 0 Å². The molecule has 1 aliphatic rings. The van der Waals surface area contributed by atoms with Gasteiger partial charge in [-0.2, -0.15) is 0 Å². The summed E-state index contributed by atoms with van der Waals surface area (Å²) >= 11 is 0. The van der Waals surface area contributed by atoms with Gasteiger partial charge in [0.1, 0.15) is 6.61 Å². The van der Waals surface area contributed by atoms with Crippen molar-refractivity contribution in [3.8, 4) is 0 Å². The molecule has 82 valence electrons. The van der Waals surface area contributed by atoms with Crippen molar-refractivity contribution in [2.75, 3.05) is 33.0 Å². The predicted molar refractivity (Wildman–Crippen MR) is 50.3 cm³/mol. The zero-order valence-electron chi connectivity index (χ0n) is 8.20. The second-order valence-corrected chi connectivity index (χ2v) is 3.29. The Morgan fingerprint density at radius 2 is 2.21 bits per heavy atom. The summed E-state index contributed by atoms with van der Waals surface area (Å²) in [7, 11) is 0. The molecule has 1 fully saturated rings. The van der Waals surface area contributed by atoms with E-state index in [0.717, 1.165) is 26.1 Å². The first-order valence-electron chi connectivity index (χ1n) is 4.89. The number of rotatable bonds is 6. The standard InChI is InChI=1S/C9H17NO4/c11-9(12)7-14-6-3-10-8-1-4-13-5-2-8/h8,10H,1-7H2,(H,11,12). The smallest absolute Gasteiger partial charge is 0.329 e. The van der Waals surface area contributed by atoms with Crippen molar-refractivity contribution in [3.05, 3.63) is 0 Å². The molecule has 0 saturated carbocycles. The van der Waals surface area contributed by atoms with Crippen molar-refractivity contribution in [2.24, 2.45) is 0 Å². The van der Waals surface area contributed by atoms with Gasteiger partial charge in [0.05, 0.1) is 6.61 Å². The lowest BCUT2D eigenvalue weighted by Gasteiger charge is -2.22. The molecule has 0 radical (unpaired) electrons. The fraction of sp³-hybridized carbons (Fsp3) is 0.889. The van der Waals surface area contributed by atoms with Gasteiger partial charge in [-0.05, 0) is 12.8 Å². The molecular weight excluding hydrogens is 186 g/mol. The van der Waals surface area contributed by atoms with E-state index in [1.165, 1.54) is 0 Å². The van der Waals surface area contributed by atoms with Crippen LogP contribution in [0.2, 0.25) is 0 Å². The van der Waals surface area contributed by atoms with E-state index in [4.69, 9.17) is 14.6 Å². The van der Waals surface area contributed by atoms with Crippen LogP contribution in [0.15, 0.2) is 0 Å². The third-order valence-electron chi connectivity index (χ3n) is 2.13. The van der Waals surface area contributed by atoms with Gasteiger partial charge in [0, 0.05) is 25.8 Å². The predicted octanol–water partition coefficient (Wildman–Crippen LogP) is -0.144. The number of hydrogen-bond donors (Lipinski definition) is 2. The fourth-order valence-electron chi connectivity index (χ4n) is 1.40. The molecule has 0 aliphatic carbocycles. The van der Waals surface area contributed by atoms with Crippen LogP contribution in [0.25, 0.3) is 0 Å². The molecule has 14 heavy (non-hydrogen) atoms. The molecule has 0 amide bonds. The fourth-order valence-corrected chi connectivity index (χ4v) is 1.40. The summed E-state index contributed by atoms with van der Waals surface area (Å²) in [4.78, 5) is 10.1. The highest BCUT2D eigenvalue weighted by Gasteiger charge is 2.12. The third kappa shape index (κ3) is 5.16. The van der Waals surface area contributed by atoms with Crippen molar-refractivity contribution in [1.29, 1.82) is 0 Å². The summed E-state index contributed by atoms with van der Waals surface area (Å²) in [5, 5.41) is 11.6. The van der Waals surface area contributed by atoms with E-state index in [1.54, 1.807) is 0 Å². The van der Waals surface area contributed by atoms with E-state index in [2.05, 4.69) is 5.32 Å². The molecule has 5 nitrogen and oxygen atoms in total. The van der Waals surface area contributed by atoms with Crippen LogP contribution in [0, 0.1) is 0 Å². The molecule has 0 aromatic rings. The summed E-state index contributed by atoms with van der Waals surface area (Å²) < 4.78 is 10.1. The summed E-state index contributed by atoms with van der Waals surface area (Å²) in [6.45, 7) is 2.57. The SMILES string of the molecule is O=C(O)COCCNC1CCOCC1. The van der Waals surface area contributed by atoms with Crippen LogP contribution in [-0.4, -0.2) is 50.1 Å². The first kappa shape index (κ1) is 11.4. The average Bonchev–Trinajstić information content (AvgIpc) is 2.18. The van der Waals surface area contributed by atoms with Gasteiger partial charge in [-0.25, -0.2) is 4.79 Å². The lowest BCUT2D eigenvalue weighted by atomic mass is 10.1. The summed E-state index contributed by atoms with van der Waals surface area (Å²) in [5.41, 5.74) is 0. The normalized spacial score (nSPS) is 18.3. The highest BCUT2D eigenvalue weighted by Crippen LogP contribution is 2.05. The van der Waals surface area contributed by atoms with Crippen LogP contribution in [0.3, 0.4) is 0 Å². The van der Waals surface area contributed by atoms with E-state index < -0.39 is 5.97 Å². The van der Waals surface area contributed by atoms with Crippen LogP contribution in [0.1, 0.15) is 12.8 Å². The Balaban J connectivity index is 1.90. The Morgan fingerprint density at radius 1 is 1.50 bits per heavy atom. The molecular formula is C9H17NO4.